The summed E-state index contributed by atoms with van der Waals surface area (Å²) in [5.74, 6) is -0.317. The van der Waals surface area contributed by atoms with Crippen molar-refractivity contribution < 1.29 is 53.0 Å². The summed E-state index contributed by atoms with van der Waals surface area (Å²) in [5, 5.41) is 8.94. The van der Waals surface area contributed by atoms with Crippen LogP contribution in [-0.4, -0.2) is 46.7 Å². The Labute approximate surface area is 388 Å². The van der Waals surface area contributed by atoms with E-state index in [9.17, 15) is 28.8 Å². The molecule has 3 aromatic heterocycles. The minimum atomic E-state index is -0.275. The number of hydrogen-bond acceptors (Lipinski definition) is 6. The molecule has 0 aliphatic heterocycles. The van der Waals surface area contributed by atoms with Crippen molar-refractivity contribution in [3.8, 4) is 17.1 Å². The first-order chi connectivity index (χ1) is 27.9. The largest absolute Gasteiger partial charge is 0.295 e. The van der Waals surface area contributed by atoms with Crippen LogP contribution in [0.4, 0.5) is 0 Å². The van der Waals surface area contributed by atoms with Gasteiger partial charge in [-0.15, -0.1) is 0 Å². The number of carbonyl (C=O) groups is 3. The van der Waals surface area contributed by atoms with Gasteiger partial charge in [-0.25, -0.2) is 14.0 Å². The maximum Gasteiger partial charge on any atom is 0.282 e. The molecule has 0 saturated carbocycles. The number of aromatic amines is 3. The van der Waals surface area contributed by atoms with E-state index >= 15 is 0 Å². The van der Waals surface area contributed by atoms with Crippen LogP contribution in [0.2, 0.25) is 0 Å². The molecular formula is C48H60N6O6Tb. The molecule has 0 spiro atoms. The van der Waals surface area contributed by atoms with Gasteiger partial charge in [0.2, 0.25) is 0 Å². The maximum absolute atomic E-state index is 12.4. The van der Waals surface area contributed by atoms with Crippen LogP contribution in [0.3, 0.4) is 0 Å². The second kappa shape index (κ2) is 20.7. The van der Waals surface area contributed by atoms with Crippen LogP contribution in [0, 0.1) is 75.6 Å². The number of benzene rings is 3. The average Bonchev–Trinajstić information content (AvgIpc) is 3.74. The number of aryl methyl sites for hydroxylation is 3. The van der Waals surface area contributed by atoms with Crippen LogP contribution in [-0.2, 0) is 0 Å². The molecule has 0 saturated heterocycles. The summed E-state index contributed by atoms with van der Waals surface area (Å²) in [6, 6.07) is 27.8. The van der Waals surface area contributed by atoms with E-state index in [0.717, 1.165) is 17.1 Å². The molecule has 0 amide bonds. The minimum absolute atomic E-state index is 0. The number of nitrogens with zero attached hydrogens (tertiary/aromatic N) is 3. The van der Waals surface area contributed by atoms with Crippen molar-refractivity contribution in [1.29, 1.82) is 0 Å². The number of nitrogens with one attached hydrogen (secondary N) is 3. The number of para-hydroxylation sites is 3. The fraction of sp³-hybridized carbons (Fsp3) is 0.375. The molecule has 0 unspecified atom stereocenters. The summed E-state index contributed by atoms with van der Waals surface area (Å²) in [6.45, 7) is 23.2. The van der Waals surface area contributed by atoms with Crippen LogP contribution in [0.1, 0.15) is 130 Å². The van der Waals surface area contributed by atoms with Crippen LogP contribution >= 0.6 is 0 Å². The Morgan fingerprint density at radius 2 is 0.607 bits per heavy atom. The van der Waals surface area contributed by atoms with Gasteiger partial charge < -0.3 is 0 Å². The van der Waals surface area contributed by atoms with Crippen molar-refractivity contribution in [2.75, 3.05) is 0 Å². The van der Waals surface area contributed by atoms with Crippen LogP contribution in [0.5, 0.6) is 0 Å². The summed E-state index contributed by atoms with van der Waals surface area (Å²) in [4.78, 5) is 74.2. The topological polar surface area (TPSA) is 165 Å². The molecule has 13 heteroatoms. The fourth-order valence-corrected chi connectivity index (χ4v) is 6.61. The Bertz CT molecular complexity index is 2320. The van der Waals surface area contributed by atoms with Gasteiger partial charge in [0, 0.05) is 75.0 Å². The quantitative estimate of drug-likeness (QED) is 0.122. The van der Waals surface area contributed by atoms with Gasteiger partial charge in [-0.3, -0.25) is 44.1 Å². The Balaban J connectivity index is 0.000000242. The smallest absolute Gasteiger partial charge is 0.282 e. The van der Waals surface area contributed by atoms with E-state index < -0.39 is 0 Å². The summed E-state index contributed by atoms with van der Waals surface area (Å²) in [6.07, 6.45) is 1.07. The number of H-pyrrole nitrogens is 3. The predicted octanol–water partition coefficient (Wildman–Crippen LogP) is 9.28. The zero-order chi connectivity index (χ0) is 44.7. The number of ketones is 3. The van der Waals surface area contributed by atoms with Gasteiger partial charge in [-0.2, -0.15) is 0 Å². The molecule has 0 aliphatic carbocycles. The number of rotatable bonds is 9. The van der Waals surface area contributed by atoms with E-state index in [-0.39, 0.29) is 106 Å². The van der Waals surface area contributed by atoms with Gasteiger partial charge >= 0.3 is 0 Å². The summed E-state index contributed by atoms with van der Waals surface area (Å²) < 4.78 is 4.27. The van der Waals surface area contributed by atoms with Crippen molar-refractivity contribution in [1.82, 2.24) is 29.3 Å². The van der Waals surface area contributed by atoms with Crippen LogP contribution in [0.15, 0.2) is 105 Å². The van der Waals surface area contributed by atoms with Crippen molar-refractivity contribution >= 4 is 17.3 Å². The van der Waals surface area contributed by atoms with E-state index in [1.807, 2.05) is 153 Å². The maximum atomic E-state index is 12.4. The van der Waals surface area contributed by atoms with Crippen molar-refractivity contribution in [2.45, 2.75) is 102 Å². The van der Waals surface area contributed by atoms with Gasteiger partial charge in [0.25, 0.3) is 16.7 Å². The third kappa shape index (κ3) is 13.7. The molecule has 1 radical (unpaired) electrons. The minimum Gasteiger partial charge on any atom is -0.295 e. The second-order valence-electron chi connectivity index (χ2n) is 18.7. The molecule has 3 aromatic carbocycles. The third-order valence-corrected chi connectivity index (χ3v) is 9.17. The normalized spacial score (nSPS) is 11.4. The Morgan fingerprint density at radius 1 is 0.410 bits per heavy atom. The van der Waals surface area contributed by atoms with E-state index in [0.29, 0.717) is 36.3 Å². The monoisotopic (exact) mass is 975 g/mol. The molecule has 3 heterocycles. The first kappa shape index (κ1) is 50.3. The second-order valence-corrected chi connectivity index (χ2v) is 18.7. The molecule has 327 valence electrons. The Kier molecular flexibility index (Phi) is 17.1. The molecule has 0 aliphatic rings. The van der Waals surface area contributed by atoms with E-state index in [1.54, 1.807) is 20.8 Å². The SMILES string of the molecule is Cc1[nH]n(-c2ccccc2)c(=O)c1C(=O)CC(C)(C)C.Cc1[nH]n(-c2ccccc2)c(=O)c1C(=O)CC(C)(C)C.Cc1[nH]n(-c2ccccc2)c(=O)c1C(=O)CC(C)(C)C.[Tb]. The number of aromatic nitrogens is 6. The van der Waals surface area contributed by atoms with Gasteiger partial charge in [0.1, 0.15) is 16.7 Å². The van der Waals surface area contributed by atoms with Crippen LogP contribution in [0.25, 0.3) is 17.1 Å². The van der Waals surface area contributed by atoms with Crippen LogP contribution < -0.4 is 16.7 Å². The summed E-state index contributed by atoms with van der Waals surface area (Å²) in [7, 11) is 0. The van der Waals surface area contributed by atoms with Gasteiger partial charge in [0.05, 0.1) is 17.1 Å². The molecule has 0 fully saturated rings. The van der Waals surface area contributed by atoms with E-state index in [1.165, 1.54) is 14.0 Å². The van der Waals surface area contributed by atoms with Crippen molar-refractivity contribution in [3.63, 3.8) is 0 Å². The molecule has 3 N–H and O–H groups in total. The molecule has 61 heavy (non-hydrogen) atoms. The van der Waals surface area contributed by atoms with Gasteiger partial charge in [-0.05, 0) is 73.4 Å². The van der Waals surface area contributed by atoms with Crippen molar-refractivity contribution in [2.24, 2.45) is 16.2 Å². The standard InChI is InChI=1S/3C16H20N2O2.Tb/c3*1-11-14(13(19)10-16(2,3)4)15(20)18(17-11)12-8-6-5-7-9-12;/h3*5-9,17H,10H2,1-4H3;. The zero-order valence-electron chi connectivity index (χ0n) is 37.4. The summed E-state index contributed by atoms with van der Waals surface area (Å²) >= 11 is 0. The van der Waals surface area contributed by atoms with Crippen molar-refractivity contribution in [3.05, 3.63) is 156 Å². The summed E-state index contributed by atoms with van der Waals surface area (Å²) in [5.41, 5.74) is 3.63. The molecule has 6 rings (SSSR count). The molecular weight excluding hydrogens is 915 g/mol. The number of Topliss-reactive ketones (excluding diaryl/α,β-unsaturated/α-hetero) is 3. The first-order valence-corrected chi connectivity index (χ1v) is 20.1. The average molecular weight is 976 g/mol. The van der Waals surface area contributed by atoms with Gasteiger partial charge in [0.15, 0.2) is 17.3 Å². The third-order valence-electron chi connectivity index (χ3n) is 9.17. The Hall–Kier alpha value is -5.01. The molecule has 0 atom stereocenters. The molecule has 12 nitrogen and oxygen atoms in total. The number of hydrogen-bond donors (Lipinski definition) is 3. The first-order valence-electron chi connectivity index (χ1n) is 20.1. The fourth-order valence-electron chi connectivity index (χ4n) is 6.61. The van der Waals surface area contributed by atoms with E-state index in [4.69, 9.17) is 0 Å². The molecule has 6 aromatic rings. The zero-order valence-corrected chi connectivity index (χ0v) is 39.5. The molecule has 0 bridgehead atoms. The Morgan fingerprint density at radius 3 is 0.787 bits per heavy atom. The van der Waals surface area contributed by atoms with Gasteiger partial charge in [-0.1, -0.05) is 117 Å². The number of carbonyl (C=O) groups excluding carboxylic acids is 3. The van der Waals surface area contributed by atoms with E-state index in [2.05, 4.69) is 15.3 Å². The predicted molar refractivity (Wildman–Crippen MR) is 239 cm³/mol.